The number of nitrogens with one attached hydrogen (secondary N) is 1. The molecule has 0 radical (unpaired) electrons. The average molecular weight is 313 g/mol. The van der Waals surface area contributed by atoms with Gasteiger partial charge in [-0.2, -0.15) is 0 Å². The second kappa shape index (κ2) is 6.84. The summed E-state index contributed by atoms with van der Waals surface area (Å²) in [4.78, 5) is 0. The first kappa shape index (κ1) is 16.2. The maximum atomic E-state index is 7.93. The van der Waals surface area contributed by atoms with E-state index in [1.54, 1.807) is 0 Å². The molecule has 120 valence electrons. The van der Waals surface area contributed by atoms with Crippen LogP contribution in [0.15, 0.2) is 66.7 Å². The van der Waals surface area contributed by atoms with Crippen molar-refractivity contribution < 1.29 is 0 Å². The van der Waals surface area contributed by atoms with Crippen LogP contribution in [0.4, 0.5) is 0 Å². The summed E-state index contributed by atoms with van der Waals surface area (Å²) in [7, 11) is 0. The number of fused-ring (bicyclic) bond motifs is 1. The monoisotopic (exact) mass is 313 g/mol. The third kappa shape index (κ3) is 3.16. The Hall–Kier alpha value is -2.67. The summed E-state index contributed by atoms with van der Waals surface area (Å²) in [5, 5.41) is 10.4. The number of hydrogen-bond acceptors (Lipinski definition) is 1. The zero-order valence-electron chi connectivity index (χ0n) is 14.6. The smallest absolute Gasteiger partial charge is 0.0383 e. The molecule has 0 unspecified atom stereocenters. The molecule has 0 atom stereocenters. The molecule has 3 aromatic carbocycles. The molecule has 0 saturated carbocycles. The molecule has 0 aliphatic heterocycles. The third-order valence-electron chi connectivity index (χ3n) is 4.65. The Morgan fingerprint density at radius 1 is 0.833 bits per heavy atom. The molecule has 0 bridgehead atoms. The zero-order chi connectivity index (χ0) is 17.1. The molecular weight excluding hydrogens is 290 g/mol. The van der Waals surface area contributed by atoms with Crippen molar-refractivity contribution in [3.05, 3.63) is 77.9 Å². The minimum Gasteiger partial charge on any atom is -0.305 e. The van der Waals surface area contributed by atoms with Gasteiger partial charge in [-0.25, -0.2) is 0 Å². The quantitative estimate of drug-likeness (QED) is 0.518. The normalized spacial score (nSPS) is 11.7. The maximum absolute atomic E-state index is 7.93. The molecule has 3 rings (SSSR count). The van der Waals surface area contributed by atoms with Crippen molar-refractivity contribution in [2.45, 2.75) is 27.2 Å². The van der Waals surface area contributed by atoms with E-state index in [4.69, 9.17) is 5.41 Å². The number of benzene rings is 3. The van der Waals surface area contributed by atoms with Crippen molar-refractivity contribution in [1.29, 1.82) is 5.41 Å². The van der Waals surface area contributed by atoms with Crippen molar-refractivity contribution in [1.82, 2.24) is 0 Å². The molecular formula is C23H23N. The van der Waals surface area contributed by atoms with Crippen LogP contribution in [-0.2, 0) is 0 Å². The van der Waals surface area contributed by atoms with Gasteiger partial charge in [0.1, 0.15) is 0 Å². The first-order chi connectivity index (χ1) is 11.6. The van der Waals surface area contributed by atoms with Crippen LogP contribution in [0.1, 0.15) is 38.3 Å². The largest absolute Gasteiger partial charge is 0.305 e. The van der Waals surface area contributed by atoms with E-state index in [-0.39, 0.29) is 0 Å². The highest BCUT2D eigenvalue weighted by Gasteiger charge is 2.04. The minimum atomic E-state index is 0.687. The summed E-state index contributed by atoms with van der Waals surface area (Å²) in [5.74, 6) is 0. The summed E-state index contributed by atoms with van der Waals surface area (Å²) >= 11 is 0. The molecule has 0 aliphatic carbocycles. The predicted octanol–water partition coefficient (Wildman–Crippen LogP) is 6.71. The fourth-order valence-electron chi connectivity index (χ4n) is 2.91. The van der Waals surface area contributed by atoms with E-state index in [9.17, 15) is 0 Å². The second-order valence-electron chi connectivity index (χ2n) is 6.16. The second-order valence-corrected chi connectivity index (χ2v) is 6.16. The van der Waals surface area contributed by atoms with Gasteiger partial charge in [0, 0.05) is 5.71 Å². The van der Waals surface area contributed by atoms with E-state index in [2.05, 4.69) is 68.5 Å². The molecule has 0 spiro atoms. The summed E-state index contributed by atoms with van der Waals surface area (Å²) in [5.41, 5.74) is 6.68. The Morgan fingerprint density at radius 2 is 1.42 bits per heavy atom. The Balaban J connectivity index is 1.97. The molecule has 0 saturated heterocycles. The van der Waals surface area contributed by atoms with Gasteiger partial charge in [0.05, 0.1) is 0 Å². The molecule has 0 aliphatic rings. The molecule has 0 amide bonds. The van der Waals surface area contributed by atoms with Crippen LogP contribution in [0.2, 0.25) is 0 Å². The van der Waals surface area contributed by atoms with E-state index in [0.29, 0.717) is 5.71 Å². The maximum Gasteiger partial charge on any atom is 0.0383 e. The van der Waals surface area contributed by atoms with Gasteiger partial charge in [0.15, 0.2) is 0 Å². The first-order valence-electron chi connectivity index (χ1n) is 8.47. The minimum absolute atomic E-state index is 0.687. The molecule has 0 aromatic heterocycles. The SMILES string of the molecule is CC=C(C)c1ccc2cc(-c3ccc(C(=N)CC)cc3)ccc2c1. The van der Waals surface area contributed by atoms with Gasteiger partial charge in [0.25, 0.3) is 0 Å². The number of rotatable bonds is 4. The summed E-state index contributed by atoms with van der Waals surface area (Å²) in [6.07, 6.45) is 2.91. The molecule has 3 aromatic rings. The van der Waals surface area contributed by atoms with Crippen molar-refractivity contribution in [2.24, 2.45) is 0 Å². The van der Waals surface area contributed by atoms with Crippen molar-refractivity contribution >= 4 is 22.1 Å². The van der Waals surface area contributed by atoms with E-state index in [1.807, 2.05) is 19.1 Å². The summed E-state index contributed by atoms with van der Waals surface area (Å²) in [6.45, 7) is 6.23. The van der Waals surface area contributed by atoms with Gasteiger partial charge in [0.2, 0.25) is 0 Å². The fourth-order valence-corrected chi connectivity index (χ4v) is 2.91. The van der Waals surface area contributed by atoms with Gasteiger partial charge >= 0.3 is 0 Å². The standard InChI is InChI=1S/C23H23N/c1-4-16(3)19-10-11-22-15-20(12-13-21(22)14-19)17-6-8-18(9-7-17)23(24)5-2/h4,6-15,24H,5H2,1-3H3. The van der Waals surface area contributed by atoms with E-state index >= 15 is 0 Å². The Morgan fingerprint density at radius 3 is 2.08 bits per heavy atom. The lowest BCUT2D eigenvalue weighted by atomic mass is 9.97. The molecule has 0 fully saturated rings. The Bertz CT molecular complexity index is 914. The summed E-state index contributed by atoms with van der Waals surface area (Å²) < 4.78 is 0. The Kier molecular flexibility index (Phi) is 4.61. The predicted molar refractivity (Wildman–Crippen MR) is 106 cm³/mol. The highest BCUT2D eigenvalue weighted by Crippen LogP contribution is 2.27. The summed E-state index contributed by atoms with van der Waals surface area (Å²) in [6, 6.07) is 21.6. The van der Waals surface area contributed by atoms with Crippen LogP contribution < -0.4 is 0 Å². The number of allylic oxidation sites excluding steroid dienone is 2. The van der Waals surface area contributed by atoms with Crippen molar-refractivity contribution in [3.8, 4) is 11.1 Å². The van der Waals surface area contributed by atoms with Crippen LogP contribution in [0, 0.1) is 5.41 Å². The number of hydrogen-bond donors (Lipinski definition) is 1. The van der Waals surface area contributed by atoms with Gasteiger partial charge in [-0.05, 0) is 71.0 Å². The van der Waals surface area contributed by atoms with Crippen molar-refractivity contribution in [3.63, 3.8) is 0 Å². The van der Waals surface area contributed by atoms with Gasteiger partial charge in [-0.3, -0.25) is 0 Å². The highest BCUT2D eigenvalue weighted by molar-refractivity contribution is 5.98. The van der Waals surface area contributed by atoms with Crippen LogP contribution in [0.25, 0.3) is 27.5 Å². The fraction of sp³-hybridized carbons (Fsp3) is 0.174. The molecule has 1 N–H and O–H groups in total. The van der Waals surface area contributed by atoms with Gasteiger partial charge in [-0.1, -0.05) is 61.5 Å². The van der Waals surface area contributed by atoms with Crippen LogP contribution in [0.5, 0.6) is 0 Å². The lowest BCUT2D eigenvalue weighted by Crippen LogP contribution is -1.95. The molecule has 1 heteroatoms. The van der Waals surface area contributed by atoms with E-state index < -0.39 is 0 Å². The van der Waals surface area contributed by atoms with Crippen LogP contribution in [0.3, 0.4) is 0 Å². The Labute approximate surface area is 144 Å². The van der Waals surface area contributed by atoms with E-state index in [1.165, 1.54) is 33.0 Å². The first-order valence-corrected chi connectivity index (χ1v) is 8.47. The van der Waals surface area contributed by atoms with Crippen molar-refractivity contribution in [2.75, 3.05) is 0 Å². The lowest BCUT2D eigenvalue weighted by molar-refractivity contribution is 1.24. The third-order valence-corrected chi connectivity index (χ3v) is 4.65. The molecule has 24 heavy (non-hydrogen) atoms. The van der Waals surface area contributed by atoms with E-state index in [0.717, 1.165) is 12.0 Å². The zero-order valence-corrected chi connectivity index (χ0v) is 14.6. The topological polar surface area (TPSA) is 23.9 Å². The van der Waals surface area contributed by atoms with Gasteiger partial charge in [-0.15, -0.1) is 0 Å². The lowest BCUT2D eigenvalue weighted by Gasteiger charge is -2.08. The van der Waals surface area contributed by atoms with Gasteiger partial charge < -0.3 is 5.41 Å². The molecule has 0 heterocycles. The van der Waals surface area contributed by atoms with Crippen LogP contribution in [-0.4, -0.2) is 5.71 Å². The molecule has 1 nitrogen and oxygen atoms in total. The van der Waals surface area contributed by atoms with Crippen LogP contribution >= 0.6 is 0 Å². The highest BCUT2D eigenvalue weighted by atomic mass is 14.4. The average Bonchev–Trinajstić information content (AvgIpc) is 2.66.